The number of nitrogens with one attached hydrogen (secondary N) is 1. The molecule has 0 saturated carbocycles. The van der Waals surface area contributed by atoms with Gasteiger partial charge in [-0.15, -0.1) is 0 Å². The van der Waals surface area contributed by atoms with Gasteiger partial charge in [-0.05, 0) is 13.3 Å². The van der Waals surface area contributed by atoms with Crippen LogP contribution < -0.4 is 15.0 Å². The maximum atomic E-state index is 5.42. The van der Waals surface area contributed by atoms with E-state index in [1.807, 2.05) is 6.92 Å². The molecule has 7 nitrogen and oxygen atoms in total. The lowest BCUT2D eigenvalue weighted by Gasteiger charge is -2.20. The van der Waals surface area contributed by atoms with Crippen LogP contribution in [0.1, 0.15) is 13.3 Å². The van der Waals surface area contributed by atoms with Gasteiger partial charge in [0, 0.05) is 26.7 Å². The molecule has 7 heteroatoms. The van der Waals surface area contributed by atoms with E-state index in [-0.39, 0.29) is 0 Å². The summed E-state index contributed by atoms with van der Waals surface area (Å²) in [5, 5.41) is 2.92. The van der Waals surface area contributed by atoms with Crippen molar-refractivity contribution in [1.29, 1.82) is 0 Å². The van der Waals surface area contributed by atoms with Crippen molar-refractivity contribution in [2.45, 2.75) is 13.3 Å². The number of anilines is 2. The summed E-state index contributed by atoms with van der Waals surface area (Å²) in [4.78, 5) is 14.9. The third-order valence-electron chi connectivity index (χ3n) is 2.61. The first-order valence-corrected chi connectivity index (χ1v) is 6.22. The van der Waals surface area contributed by atoms with Gasteiger partial charge >= 0.3 is 6.01 Å². The van der Waals surface area contributed by atoms with Crippen molar-refractivity contribution >= 4 is 11.9 Å². The van der Waals surface area contributed by atoms with Crippen LogP contribution in [0.2, 0.25) is 0 Å². The Morgan fingerprint density at radius 3 is 2.94 bits per heavy atom. The lowest BCUT2D eigenvalue weighted by atomic mass is 10.4. The molecular formula is C11H19N5O2. The summed E-state index contributed by atoms with van der Waals surface area (Å²) in [7, 11) is 1.78. The Bertz CT molecular complexity index is 380. The van der Waals surface area contributed by atoms with E-state index in [9.17, 15) is 0 Å². The molecule has 0 spiro atoms. The average Bonchev–Trinajstić information content (AvgIpc) is 2.67. The topological polar surface area (TPSA) is 72.4 Å². The van der Waals surface area contributed by atoms with Gasteiger partial charge in [-0.2, -0.15) is 15.0 Å². The van der Waals surface area contributed by atoms with Gasteiger partial charge in [0.25, 0.3) is 0 Å². The Morgan fingerprint density at radius 2 is 2.17 bits per heavy atom. The van der Waals surface area contributed by atoms with Crippen LogP contribution in [0.25, 0.3) is 0 Å². The Morgan fingerprint density at radius 1 is 1.28 bits per heavy atom. The maximum Gasteiger partial charge on any atom is 0.323 e. The average molecular weight is 253 g/mol. The summed E-state index contributed by atoms with van der Waals surface area (Å²) in [6, 6.07) is 0.358. The van der Waals surface area contributed by atoms with E-state index in [0.29, 0.717) is 31.1 Å². The van der Waals surface area contributed by atoms with Crippen LogP contribution in [0.4, 0.5) is 11.9 Å². The van der Waals surface area contributed by atoms with E-state index in [4.69, 9.17) is 9.47 Å². The summed E-state index contributed by atoms with van der Waals surface area (Å²) < 4.78 is 10.8. The minimum Gasteiger partial charge on any atom is -0.464 e. The van der Waals surface area contributed by atoms with E-state index >= 15 is 0 Å². The summed E-state index contributed by atoms with van der Waals surface area (Å²) in [6.45, 7) is 5.61. The predicted molar refractivity (Wildman–Crippen MR) is 68.2 cm³/mol. The van der Waals surface area contributed by atoms with Gasteiger partial charge in [-0.25, -0.2) is 0 Å². The zero-order chi connectivity index (χ0) is 12.8. The highest BCUT2D eigenvalue weighted by Crippen LogP contribution is 2.16. The normalized spacial score (nSPS) is 16.2. The standard InChI is InChI=1S/C11H19N5O2/c1-3-18-11-14-9(12-2)13-10(15-11)16-5-4-7-17-8-6-16/h3-8H2,1-2H3,(H,12,13,14,15). The molecular weight excluding hydrogens is 234 g/mol. The van der Waals surface area contributed by atoms with E-state index < -0.39 is 0 Å². The van der Waals surface area contributed by atoms with Crippen molar-refractivity contribution in [1.82, 2.24) is 15.0 Å². The highest BCUT2D eigenvalue weighted by molar-refractivity contribution is 5.38. The lowest BCUT2D eigenvalue weighted by molar-refractivity contribution is 0.152. The monoisotopic (exact) mass is 253 g/mol. The molecule has 2 rings (SSSR count). The molecule has 1 fully saturated rings. The summed E-state index contributed by atoms with van der Waals surface area (Å²) in [6.07, 6.45) is 0.977. The second kappa shape index (κ2) is 6.34. The predicted octanol–water partition coefficient (Wildman–Crippen LogP) is 0.539. The van der Waals surface area contributed by atoms with E-state index in [1.165, 1.54) is 0 Å². The van der Waals surface area contributed by atoms with Gasteiger partial charge in [0.1, 0.15) is 0 Å². The van der Waals surface area contributed by atoms with Gasteiger partial charge in [-0.1, -0.05) is 0 Å². The molecule has 2 heterocycles. The molecule has 0 radical (unpaired) electrons. The fraction of sp³-hybridized carbons (Fsp3) is 0.727. The number of aromatic nitrogens is 3. The van der Waals surface area contributed by atoms with Crippen molar-refractivity contribution in [2.24, 2.45) is 0 Å². The molecule has 1 saturated heterocycles. The number of hydrogen-bond acceptors (Lipinski definition) is 7. The Kier molecular flexibility index (Phi) is 4.52. The second-order valence-electron chi connectivity index (χ2n) is 3.88. The zero-order valence-corrected chi connectivity index (χ0v) is 10.8. The van der Waals surface area contributed by atoms with Crippen LogP contribution in [0.15, 0.2) is 0 Å². The van der Waals surface area contributed by atoms with Crippen LogP contribution in [-0.4, -0.2) is 54.9 Å². The Balaban J connectivity index is 2.21. The van der Waals surface area contributed by atoms with Gasteiger partial charge in [0.15, 0.2) is 0 Å². The first-order valence-electron chi connectivity index (χ1n) is 6.22. The molecule has 0 atom stereocenters. The quantitative estimate of drug-likeness (QED) is 0.839. The maximum absolute atomic E-state index is 5.42. The largest absolute Gasteiger partial charge is 0.464 e. The van der Waals surface area contributed by atoms with Crippen LogP contribution in [-0.2, 0) is 4.74 Å². The molecule has 0 bridgehead atoms. The summed E-state index contributed by atoms with van der Waals surface area (Å²) in [5.41, 5.74) is 0. The zero-order valence-electron chi connectivity index (χ0n) is 10.8. The molecule has 0 aromatic carbocycles. The minimum absolute atomic E-state index is 0.358. The van der Waals surface area contributed by atoms with Crippen LogP contribution in [0.3, 0.4) is 0 Å². The highest BCUT2D eigenvalue weighted by atomic mass is 16.5. The first-order chi connectivity index (χ1) is 8.83. The molecule has 0 amide bonds. The summed E-state index contributed by atoms with van der Waals surface area (Å²) in [5.74, 6) is 1.16. The molecule has 0 unspecified atom stereocenters. The first kappa shape index (κ1) is 12.8. The number of nitrogens with zero attached hydrogens (tertiary/aromatic N) is 4. The van der Waals surface area contributed by atoms with Crippen molar-refractivity contribution in [3.8, 4) is 6.01 Å². The molecule has 1 aliphatic heterocycles. The molecule has 1 aliphatic rings. The minimum atomic E-state index is 0.358. The third kappa shape index (κ3) is 3.19. The van der Waals surface area contributed by atoms with Crippen molar-refractivity contribution < 1.29 is 9.47 Å². The second-order valence-corrected chi connectivity index (χ2v) is 3.88. The smallest absolute Gasteiger partial charge is 0.323 e. The van der Waals surface area contributed by atoms with Gasteiger partial charge in [0.05, 0.1) is 13.2 Å². The van der Waals surface area contributed by atoms with Gasteiger partial charge < -0.3 is 19.7 Å². The van der Waals surface area contributed by atoms with Crippen LogP contribution in [0, 0.1) is 0 Å². The van der Waals surface area contributed by atoms with E-state index in [0.717, 1.165) is 26.1 Å². The molecule has 1 N–H and O–H groups in total. The van der Waals surface area contributed by atoms with E-state index in [1.54, 1.807) is 7.05 Å². The molecule has 1 aromatic heterocycles. The fourth-order valence-electron chi connectivity index (χ4n) is 1.74. The molecule has 0 aliphatic carbocycles. The molecule has 1 aromatic rings. The lowest BCUT2D eigenvalue weighted by Crippen LogP contribution is -2.28. The number of ether oxygens (including phenoxy) is 2. The van der Waals surface area contributed by atoms with Crippen molar-refractivity contribution in [3.63, 3.8) is 0 Å². The fourth-order valence-corrected chi connectivity index (χ4v) is 1.74. The molecule has 18 heavy (non-hydrogen) atoms. The number of hydrogen-bond donors (Lipinski definition) is 1. The SMILES string of the molecule is CCOc1nc(NC)nc(N2CCCOCC2)n1. The summed E-state index contributed by atoms with van der Waals surface area (Å²) >= 11 is 0. The van der Waals surface area contributed by atoms with E-state index in [2.05, 4.69) is 25.2 Å². The van der Waals surface area contributed by atoms with Crippen molar-refractivity contribution in [3.05, 3.63) is 0 Å². The van der Waals surface area contributed by atoms with Gasteiger partial charge in [-0.3, -0.25) is 0 Å². The Labute approximate surface area is 107 Å². The van der Waals surface area contributed by atoms with Crippen molar-refractivity contribution in [2.75, 3.05) is 50.2 Å². The van der Waals surface area contributed by atoms with Gasteiger partial charge in [0.2, 0.25) is 11.9 Å². The van der Waals surface area contributed by atoms with Crippen LogP contribution in [0.5, 0.6) is 6.01 Å². The van der Waals surface area contributed by atoms with Crippen LogP contribution >= 0.6 is 0 Å². The highest BCUT2D eigenvalue weighted by Gasteiger charge is 2.15. The molecule has 100 valence electrons. The Hall–Kier alpha value is -1.63. The third-order valence-corrected chi connectivity index (χ3v) is 2.61. The number of rotatable bonds is 4.